The van der Waals surface area contributed by atoms with Crippen molar-refractivity contribution in [1.29, 1.82) is 0 Å². The van der Waals surface area contributed by atoms with Crippen molar-refractivity contribution in [1.82, 2.24) is 34.7 Å². The molecule has 1 atom stereocenters. The lowest BCUT2D eigenvalue weighted by molar-refractivity contribution is 0.168. The molecule has 9 nitrogen and oxygen atoms in total. The number of hydrogen-bond acceptors (Lipinski definition) is 6. The molecule has 4 saturated heterocycles. The Balaban J connectivity index is 1.20. The molecular formula is C19H28N8O. The fraction of sp³-hybridized carbons (Fsp3) is 0.684. The number of nitrogens with zero attached hydrogens (tertiary/aromatic N) is 7. The zero-order valence-electron chi connectivity index (χ0n) is 16.2. The Bertz CT molecular complexity index is 830. The molecule has 6 rings (SSSR count). The van der Waals surface area contributed by atoms with Crippen molar-refractivity contribution >= 4 is 17.5 Å². The molecule has 4 aliphatic heterocycles. The van der Waals surface area contributed by atoms with Crippen LogP contribution in [0.2, 0.25) is 0 Å². The maximum Gasteiger partial charge on any atom is 0.317 e. The highest BCUT2D eigenvalue weighted by Gasteiger charge is 2.32. The largest absolute Gasteiger partial charge is 0.353 e. The van der Waals surface area contributed by atoms with E-state index < -0.39 is 0 Å². The first-order valence-corrected chi connectivity index (χ1v) is 10.4. The minimum atomic E-state index is 0.114. The second-order valence-corrected chi connectivity index (χ2v) is 8.22. The van der Waals surface area contributed by atoms with E-state index in [9.17, 15) is 4.79 Å². The summed E-state index contributed by atoms with van der Waals surface area (Å²) < 4.78 is 1.90. The molecule has 0 radical (unpaired) electrons. The number of anilines is 1. The molecule has 0 spiro atoms. The zero-order valence-corrected chi connectivity index (χ0v) is 16.2. The van der Waals surface area contributed by atoms with Gasteiger partial charge in [-0.05, 0) is 31.6 Å². The highest BCUT2D eigenvalue weighted by molar-refractivity contribution is 5.74. The number of nitrogens with one attached hydrogen (secondary N) is 1. The van der Waals surface area contributed by atoms with E-state index in [1.165, 1.54) is 0 Å². The third kappa shape index (κ3) is 3.39. The maximum atomic E-state index is 12.8. The second-order valence-electron chi connectivity index (χ2n) is 8.22. The highest BCUT2D eigenvalue weighted by Crippen LogP contribution is 2.24. The van der Waals surface area contributed by atoms with Crippen LogP contribution < -0.4 is 10.2 Å². The number of carbonyl (C=O) groups excluding carboxylic acids is 1. The number of urea groups is 1. The smallest absolute Gasteiger partial charge is 0.317 e. The van der Waals surface area contributed by atoms with E-state index in [0.717, 1.165) is 83.0 Å². The molecule has 4 aliphatic rings. The van der Waals surface area contributed by atoms with Crippen LogP contribution in [0.3, 0.4) is 0 Å². The lowest BCUT2D eigenvalue weighted by Crippen LogP contribution is -2.49. The van der Waals surface area contributed by atoms with Gasteiger partial charge in [-0.25, -0.2) is 9.78 Å². The molecule has 2 amide bonds. The van der Waals surface area contributed by atoms with Gasteiger partial charge in [0, 0.05) is 64.2 Å². The van der Waals surface area contributed by atoms with Crippen molar-refractivity contribution in [2.45, 2.75) is 31.7 Å². The normalized spacial score (nSPS) is 27.8. The van der Waals surface area contributed by atoms with Crippen molar-refractivity contribution < 1.29 is 4.79 Å². The monoisotopic (exact) mass is 384 g/mol. The number of fused-ring (bicyclic) bond motifs is 5. The maximum absolute atomic E-state index is 12.8. The Morgan fingerprint density at radius 3 is 2.93 bits per heavy atom. The summed E-state index contributed by atoms with van der Waals surface area (Å²) in [6, 6.07) is 0.528. The number of amides is 2. The molecule has 6 heterocycles. The molecule has 0 aliphatic carbocycles. The SMILES string of the molecule is O=C(NCC1CCCN(c2nccn3cnnc23)C1)N1CCN2CCC1CC2. The van der Waals surface area contributed by atoms with Gasteiger partial charge in [0.05, 0.1) is 0 Å². The predicted octanol–water partition coefficient (Wildman–Crippen LogP) is 0.830. The Labute approximate surface area is 164 Å². The molecule has 2 aromatic rings. The molecule has 0 aromatic carbocycles. The third-order valence-corrected chi connectivity index (χ3v) is 6.47. The number of piperidine rings is 2. The predicted molar refractivity (Wildman–Crippen MR) is 105 cm³/mol. The van der Waals surface area contributed by atoms with Gasteiger partial charge >= 0.3 is 6.03 Å². The average Bonchev–Trinajstić information content (AvgIpc) is 3.03. The van der Waals surface area contributed by atoms with Gasteiger partial charge in [-0.1, -0.05) is 0 Å². The van der Waals surface area contributed by atoms with E-state index in [0.29, 0.717) is 12.0 Å². The van der Waals surface area contributed by atoms with Crippen LogP contribution in [0.25, 0.3) is 5.65 Å². The Morgan fingerprint density at radius 1 is 1.14 bits per heavy atom. The number of rotatable bonds is 3. The van der Waals surface area contributed by atoms with Crippen molar-refractivity contribution in [3.63, 3.8) is 0 Å². The molecule has 4 fully saturated rings. The summed E-state index contributed by atoms with van der Waals surface area (Å²) in [4.78, 5) is 24.2. The third-order valence-electron chi connectivity index (χ3n) is 6.47. The van der Waals surface area contributed by atoms with Crippen LogP contribution in [-0.4, -0.2) is 87.3 Å². The van der Waals surface area contributed by atoms with Gasteiger partial charge in [0.25, 0.3) is 0 Å². The first-order valence-electron chi connectivity index (χ1n) is 10.4. The van der Waals surface area contributed by atoms with Gasteiger partial charge in [-0.15, -0.1) is 10.2 Å². The van der Waals surface area contributed by atoms with Gasteiger partial charge in [0.2, 0.25) is 5.65 Å². The van der Waals surface area contributed by atoms with E-state index in [1.807, 2.05) is 10.6 Å². The summed E-state index contributed by atoms with van der Waals surface area (Å²) >= 11 is 0. The van der Waals surface area contributed by atoms with E-state index >= 15 is 0 Å². The van der Waals surface area contributed by atoms with Crippen molar-refractivity contribution in [2.24, 2.45) is 5.92 Å². The van der Waals surface area contributed by atoms with E-state index in [2.05, 4.69) is 35.2 Å². The van der Waals surface area contributed by atoms with E-state index in [1.54, 1.807) is 12.5 Å². The zero-order chi connectivity index (χ0) is 18.9. The van der Waals surface area contributed by atoms with Crippen molar-refractivity contribution in [3.05, 3.63) is 18.7 Å². The quantitative estimate of drug-likeness (QED) is 0.844. The van der Waals surface area contributed by atoms with E-state index in [-0.39, 0.29) is 6.03 Å². The first-order chi connectivity index (χ1) is 13.8. The second kappa shape index (κ2) is 7.54. The summed E-state index contributed by atoms with van der Waals surface area (Å²) in [7, 11) is 0. The molecule has 1 unspecified atom stereocenters. The lowest BCUT2D eigenvalue weighted by atomic mass is 9.98. The van der Waals surface area contributed by atoms with Crippen LogP contribution in [0.5, 0.6) is 0 Å². The average molecular weight is 384 g/mol. The minimum absolute atomic E-state index is 0.114. The Hall–Kier alpha value is -2.42. The highest BCUT2D eigenvalue weighted by atomic mass is 16.2. The minimum Gasteiger partial charge on any atom is -0.353 e. The molecular weight excluding hydrogens is 356 g/mol. The lowest BCUT2D eigenvalue weighted by Gasteiger charge is -2.35. The van der Waals surface area contributed by atoms with Crippen LogP contribution in [0.4, 0.5) is 10.6 Å². The number of carbonyl (C=O) groups is 1. The van der Waals surface area contributed by atoms with Gasteiger partial charge in [0.1, 0.15) is 6.33 Å². The molecule has 2 bridgehead atoms. The van der Waals surface area contributed by atoms with Crippen molar-refractivity contribution in [2.75, 3.05) is 50.7 Å². The molecule has 150 valence electrons. The molecule has 9 heteroatoms. The summed E-state index contributed by atoms with van der Waals surface area (Å²) in [5.74, 6) is 1.31. The number of hydrogen-bond donors (Lipinski definition) is 1. The molecule has 0 saturated carbocycles. The van der Waals surface area contributed by atoms with Gasteiger partial charge in [0.15, 0.2) is 5.82 Å². The van der Waals surface area contributed by atoms with Crippen LogP contribution in [0.15, 0.2) is 18.7 Å². The molecule has 28 heavy (non-hydrogen) atoms. The van der Waals surface area contributed by atoms with Crippen LogP contribution >= 0.6 is 0 Å². The fourth-order valence-corrected chi connectivity index (χ4v) is 4.88. The number of aromatic nitrogens is 4. The Kier molecular flexibility index (Phi) is 4.76. The first kappa shape index (κ1) is 17.7. The van der Waals surface area contributed by atoms with Gasteiger partial charge in [-0.2, -0.15) is 0 Å². The topological polar surface area (TPSA) is 81.9 Å². The molecule has 1 N–H and O–H groups in total. The summed E-state index contributed by atoms with van der Waals surface area (Å²) in [6.07, 6.45) is 9.81. The van der Waals surface area contributed by atoms with E-state index in [4.69, 9.17) is 0 Å². The Morgan fingerprint density at radius 2 is 2.04 bits per heavy atom. The summed E-state index contributed by atoms with van der Waals surface area (Å²) in [5.41, 5.74) is 0.794. The van der Waals surface area contributed by atoms with Gasteiger partial charge in [-0.3, -0.25) is 4.40 Å². The summed E-state index contributed by atoms with van der Waals surface area (Å²) in [5, 5.41) is 11.4. The van der Waals surface area contributed by atoms with Crippen LogP contribution in [-0.2, 0) is 0 Å². The fourth-order valence-electron chi connectivity index (χ4n) is 4.88. The van der Waals surface area contributed by atoms with Crippen LogP contribution in [0, 0.1) is 5.92 Å². The van der Waals surface area contributed by atoms with Gasteiger partial charge < -0.3 is 20.0 Å². The van der Waals surface area contributed by atoms with Crippen LogP contribution in [0.1, 0.15) is 25.7 Å². The molecule has 2 aromatic heterocycles. The van der Waals surface area contributed by atoms with Crippen molar-refractivity contribution in [3.8, 4) is 0 Å². The standard InChI is InChI=1S/C19H28N8O/c28-19(27-11-10-24-7-3-16(27)4-8-24)21-12-15-2-1-6-25(13-15)17-18-23-22-14-26(18)9-5-20-17/h5,9,14-16H,1-4,6-8,10-13H2,(H,21,28). The summed E-state index contributed by atoms with van der Waals surface area (Å²) in [6.45, 7) is 6.70.